The van der Waals surface area contributed by atoms with E-state index in [1.165, 1.54) is 0 Å². The van der Waals surface area contributed by atoms with Crippen molar-refractivity contribution in [3.05, 3.63) is 24.5 Å². The van der Waals surface area contributed by atoms with Gasteiger partial charge in [-0.15, -0.1) is 0 Å². The van der Waals surface area contributed by atoms with Crippen LogP contribution in [0.2, 0.25) is 0 Å². The van der Waals surface area contributed by atoms with Crippen molar-refractivity contribution >= 4 is 5.70 Å². The Kier molecular flexibility index (Phi) is 2.53. The van der Waals surface area contributed by atoms with Gasteiger partial charge in [-0.05, 0) is 19.9 Å². The van der Waals surface area contributed by atoms with Crippen molar-refractivity contribution in [2.24, 2.45) is 0 Å². The maximum Gasteiger partial charge on any atom is 0.0838 e. The van der Waals surface area contributed by atoms with Gasteiger partial charge in [-0.1, -0.05) is 6.58 Å². The molecule has 1 heterocycles. The Morgan fingerprint density at radius 3 is 2.83 bits per heavy atom. The molecule has 0 aliphatic carbocycles. The number of rotatable bonds is 3. The van der Waals surface area contributed by atoms with Crippen LogP contribution < -0.4 is 5.32 Å². The molecule has 0 saturated carbocycles. The van der Waals surface area contributed by atoms with Gasteiger partial charge in [0.1, 0.15) is 0 Å². The van der Waals surface area contributed by atoms with Crippen LogP contribution >= 0.6 is 0 Å². The minimum atomic E-state index is 0.375. The van der Waals surface area contributed by atoms with Crippen molar-refractivity contribution in [3.8, 4) is 0 Å². The Bertz CT molecular complexity index is 273. The Labute approximate surface area is 73.1 Å². The van der Waals surface area contributed by atoms with Crippen LogP contribution in [0.25, 0.3) is 5.70 Å². The molecule has 0 aliphatic heterocycles. The van der Waals surface area contributed by atoms with Gasteiger partial charge in [-0.25, -0.2) is 0 Å². The fraction of sp³-hybridized carbons (Fsp3) is 0.444. The van der Waals surface area contributed by atoms with Crippen molar-refractivity contribution in [2.45, 2.75) is 19.9 Å². The number of hydrogen-bond donors (Lipinski definition) is 1. The van der Waals surface area contributed by atoms with E-state index in [9.17, 15) is 0 Å². The lowest BCUT2D eigenvalue weighted by molar-refractivity contribution is 0.525. The van der Waals surface area contributed by atoms with E-state index < -0.39 is 0 Å². The number of nitrogens with one attached hydrogen (secondary N) is 1. The summed E-state index contributed by atoms with van der Waals surface area (Å²) in [6, 6.07) is 2.33. The second kappa shape index (κ2) is 3.43. The summed E-state index contributed by atoms with van der Waals surface area (Å²) in [7, 11) is 1.86. The molecule has 0 saturated heterocycles. The molecule has 0 amide bonds. The second-order valence-electron chi connectivity index (χ2n) is 2.98. The first kappa shape index (κ1) is 8.84. The van der Waals surface area contributed by atoms with E-state index in [1.807, 2.05) is 17.8 Å². The number of nitrogens with zero attached hydrogens (tertiary/aromatic N) is 2. The normalized spacial score (nSPS) is 10.3. The van der Waals surface area contributed by atoms with Crippen molar-refractivity contribution in [3.63, 3.8) is 0 Å². The molecule has 1 N–H and O–H groups in total. The average Bonchev–Trinajstić information content (AvgIpc) is 2.50. The van der Waals surface area contributed by atoms with Crippen LogP contribution in [0.4, 0.5) is 0 Å². The standard InChI is InChI=1S/C9H15N3/c1-7(2)12-9(5-6-11-12)8(3)10-4/h5-7,10H,3H2,1-2,4H3. The molecule has 12 heavy (non-hydrogen) atoms. The summed E-state index contributed by atoms with van der Waals surface area (Å²) in [5.74, 6) is 0. The maximum absolute atomic E-state index is 4.20. The molecule has 3 heteroatoms. The van der Waals surface area contributed by atoms with E-state index in [2.05, 4.69) is 30.8 Å². The summed E-state index contributed by atoms with van der Waals surface area (Å²) in [5.41, 5.74) is 1.95. The molecule has 1 aromatic heterocycles. The van der Waals surface area contributed by atoms with Gasteiger partial charge in [0.15, 0.2) is 0 Å². The molecular formula is C9H15N3. The molecule has 1 aromatic rings. The second-order valence-corrected chi connectivity index (χ2v) is 2.98. The molecule has 0 spiro atoms. The van der Waals surface area contributed by atoms with Crippen molar-refractivity contribution in [1.82, 2.24) is 15.1 Å². The lowest BCUT2D eigenvalue weighted by Gasteiger charge is -2.11. The van der Waals surface area contributed by atoms with Crippen molar-refractivity contribution < 1.29 is 0 Å². The number of hydrogen-bond acceptors (Lipinski definition) is 2. The van der Waals surface area contributed by atoms with Crippen molar-refractivity contribution in [2.75, 3.05) is 7.05 Å². The lowest BCUT2D eigenvalue weighted by Crippen LogP contribution is -2.12. The van der Waals surface area contributed by atoms with E-state index in [1.54, 1.807) is 6.20 Å². The van der Waals surface area contributed by atoms with Crippen LogP contribution in [0.3, 0.4) is 0 Å². The quantitative estimate of drug-likeness (QED) is 0.738. The summed E-state index contributed by atoms with van der Waals surface area (Å²) in [4.78, 5) is 0. The molecule has 0 aliphatic rings. The zero-order valence-electron chi connectivity index (χ0n) is 7.83. The van der Waals surface area contributed by atoms with Gasteiger partial charge >= 0.3 is 0 Å². The van der Waals surface area contributed by atoms with E-state index in [0.717, 1.165) is 11.4 Å². The topological polar surface area (TPSA) is 29.9 Å². The third-order valence-corrected chi connectivity index (χ3v) is 1.77. The van der Waals surface area contributed by atoms with Gasteiger partial charge in [0, 0.05) is 19.3 Å². The van der Waals surface area contributed by atoms with Crippen LogP contribution in [-0.2, 0) is 0 Å². The molecular weight excluding hydrogens is 150 g/mol. The molecule has 3 nitrogen and oxygen atoms in total. The van der Waals surface area contributed by atoms with Crippen LogP contribution in [-0.4, -0.2) is 16.8 Å². The van der Waals surface area contributed by atoms with Gasteiger partial charge < -0.3 is 5.32 Å². The van der Waals surface area contributed by atoms with Crippen molar-refractivity contribution in [1.29, 1.82) is 0 Å². The highest BCUT2D eigenvalue weighted by atomic mass is 15.3. The summed E-state index contributed by atoms with van der Waals surface area (Å²) in [6.45, 7) is 8.08. The predicted octanol–water partition coefficient (Wildman–Crippen LogP) is 1.65. The van der Waals surface area contributed by atoms with Gasteiger partial charge in [-0.3, -0.25) is 4.68 Å². The first-order valence-electron chi connectivity index (χ1n) is 4.07. The third kappa shape index (κ3) is 1.49. The number of aromatic nitrogens is 2. The van der Waals surface area contributed by atoms with E-state index >= 15 is 0 Å². The largest absolute Gasteiger partial charge is 0.387 e. The van der Waals surface area contributed by atoms with Crippen LogP contribution in [0.1, 0.15) is 25.6 Å². The monoisotopic (exact) mass is 165 g/mol. The summed E-state index contributed by atoms with van der Waals surface area (Å²) < 4.78 is 1.94. The predicted molar refractivity (Wildman–Crippen MR) is 50.7 cm³/mol. The highest BCUT2D eigenvalue weighted by molar-refractivity contribution is 5.57. The Morgan fingerprint density at radius 2 is 2.33 bits per heavy atom. The smallest absolute Gasteiger partial charge is 0.0838 e. The highest BCUT2D eigenvalue weighted by Gasteiger charge is 2.06. The fourth-order valence-corrected chi connectivity index (χ4v) is 1.09. The molecule has 0 fully saturated rings. The maximum atomic E-state index is 4.20. The van der Waals surface area contributed by atoms with Gasteiger partial charge in [0.05, 0.1) is 11.4 Å². The molecule has 66 valence electrons. The van der Waals surface area contributed by atoms with E-state index in [4.69, 9.17) is 0 Å². The van der Waals surface area contributed by atoms with Gasteiger partial charge in [0.25, 0.3) is 0 Å². The fourth-order valence-electron chi connectivity index (χ4n) is 1.09. The summed E-state index contributed by atoms with van der Waals surface area (Å²) in [5, 5.41) is 7.21. The Morgan fingerprint density at radius 1 is 1.67 bits per heavy atom. The van der Waals surface area contributed by atoms with Crippen LogP contribution in [0.5, 0.6) is 0 Å². The first-order chi connectivity index (χ1) is 5.66. The summed E-state index contributed by atoms with van der Waals surface area (Å²) >= 11 is 0. The SMILES string of the molecule is C=C(NC)c1ccnn1C(C)C. The molecule has 0 unspecified atom stereocenters. The van der Waals surface area contributed by atoms with Gasteiger partial charge in [0.2, 0.25) is 0 Å². The van der Waals surface area contributed by atoms with E-state index in [-0.39, 0.29) is 0 Å². The lowest BCUT2D eigenvalue weighted by atomic mass is 10.3. The average molecular weight is 165 g/mol. The van der Waals surface area contributed by atoms with Gasteiger partial charge in [-0.2, -0.15) is 5.10 Å². The molecule has 0 atom stereocenters. The minimum Gasteiger partial charge on any atom is -0.387 e. The Balaban J connectivity index is 2.99. The first-order valence-corrected chi connectivity index (χ1v) is 4.07. The molecule has 0 radical (unpaired) electrons. The molecule has 1 rings (SSSR count). The highest BCUT2D eigenvalue weighted by Crippen LogP contribution is 2.13. The van der Waals surface area contributed by atoms with Crippen LogP contribution in [0, 0.1) is 0 Å². The zero-order valence-corrected chi connectivity index (χ0v) is 7.83. The van der Waals surface area contributed by atoms with Crippen LogP contribution in [0.15, 0.2) is 18.8 Å². The Hall–Kier alpha value is -1.25. The summed E-state index contributed by atoms with van der Waals surface area (Å²) in [6.07, 6.45) is 1.79. The molecule has 0 aromatic carbocycles. The molecule has 0 bridgehead atoms. The van der Waals surface area contributed by atoms with E-state index in [0.29, 0.717) is 6.04 Å². The zero-order chi connectivity index (χ0) is 9.14. The minimum absolute atomic E-state index is 0.375. The third-order valence-electron chi connectivity index (χ3n) is 1.77.